The molecular weight excluding hydrogens is 542 g/mol. The Hall–Kier alpha value is -4.54. The van der Waals surface area contributed by atoms with Gasteiger partial charge in [0.05, 0.1) is 23.4 Å². The van der Waals surface area contributed by atoms with Crippen molar-refractivity contribution in [2.45, 2.75) is 45.2 Å². The second-order valence-electron chi connectivity index (χ2n) is 9.69. The number of Topliss-reactive ketones (excluding diaryl/α,β-unsaturated/α-hetero) is 1. The van der Waals surface area contributed by atoms with Gasteiger partial charge in [0, 0.05) is 47.3 Å². The van der Waals surface area contributed by atoms with E-state index in [1.165, 1.54) is 12.3 Å². The second-order valence-corrected chi connectivity index (χ2v) is 9.69. The Balaban J connectivity index is 1.49. The Labute approximate surface area is 232 Å². The van der Waals surface area contributed by atoms with Crippen LogP contribution in [-0.4, -0.2) is 35.5 Å². The number of nitrogens with zero attached hydrogens (tertiary/aromatic N) is 1. The number of carbonyl (C=O) groups excluding carboxylic acids is 3. The maximum Gasteiger partial charge on any atom is 0.419 e. The number of aliphatic imine (C=N–C) groups is 1. The van der Waals surface area contributed by atoms with E-state index in [-0.39, 0.29) is 42.7 Å². The molecule has 1 aliphatic carbocycles. The molecule has 0 atom stereocenters. The number of anilines is 1. The molecular formula is C30H25F4N3O4. The fourth-order valence-corrected chi connectivity index (χ4v) is 5.07. The van der Waals surface area contributed by atoms with Crippen molar-refractivity contribution in [2.24, 2.45) is 4.99 Å². The summed E-state index contributed by atoms with van der Waals surface area (Å²) in [6, 6.07) is 7.41. The zero-order valence-electron chi connectivity index (χ0n) is 22.0. The van der Waals surface area contributed by atoms with E-state index < -0.39 is 17.6 Å². The van der Waals surface area contributed by atoms with Gasteiger partial charge in [-0.1, -0.05) is 6.07 Å². The normalized spacial score (nSPS) is 15.8. The van der Waals surface area contributed by atoms with Crippen molar-refractivity contribution in [3.8, 4) is 0 Å². The van der Waals surface area contributed by atoms with Gasteiger partial charge in [-0.2, -0.15) is 13.2 Å². The van der Waals surface area contributed by atoms with Crippen LogP contribution in [0.1, 0.15) is 70.2 Å². The number of fused-ring (bicyclic) bond motifs is 2. The first kappa shape index (κ1) is 28.0. The topological polar surface area (TPSA) is 101 Å². The summed E-state index contributed by atoms with van der Waals surface area (Å²) in [5, 5.41) is 2.78. The summed E-state index contributed by atoms with van der Waals surface area (Å²) in [6.45, 7) is 1.95. The smallest absolute Gasteiger partial charge is 0.419 e. The minimum atomic E-state index is -4.84. The number of aromatic nitrogens is 1. The van der Waals surface area contributed by atoms with Crippen molar-refractivity contribution in [3.63, 3.8) is 0 Å². The van der Waals surface area contributed by atoms with E-state index in [1.807, 2.05) is 0 Å². The van der Waals surface area contributed by atoms with Gasteiger partial charge in [0.25, 0.3) is 5.91 Å². The molecule has 41 heavy (non-hydrogen) atoms. The van der Waals surface area contributed by atoms with Crippen molar-refractivity contribution >= 4 is 46.9 Å². The molecule has 11 heteroatoms. The van der Waals surface area contributed by atoms with E-state index in [2.05, 4.69) is 15.3 Å². The third-order valence-corrected chi connectivity index (χ3v) is 6.94. The first-order chi connectivity index (χ1) is 19.5. The lowest BCUT2D eigenvalue weighted by Gasteiger charge is -2.11. The summed E-state index contributed by atoms with van der Waals surface area (Å²) in [7, 11) is 0. The fourth-order valence-electron chi connectivity index (χ4n) is 5.07. The Bertz CT molecular complexity index is 1620. The van der Waals surface area contributed by atoms with Crippen LogP contribution in [0.2, 0.25) is 0 Å². The van der Waals surface area contributed by atoms with Gasteiger partial charge in [-0.05, 0) is 73.7 Å². The lowest BCUT2D eigenvalue weighted by atomic mass is 9.91. The van der Waals surface area contributed by atoms with E-state index in [4.69, 9.17) is 4.74 Å². The monoisotopic (exact) mass is 567 g/mol. The van der Waals surface area contributed by atoms with Crippen LogP contribution in [0.5, 0.6) is 0 Å². The molecule has 1 aliphatic heterocycles. The van der Waals surface area contributed by atoms with E-state index in [0.29, 0.717) is 64.7 Å². The van der Waals surface area contributed by atoms with Crippen LogP contribution in [0.15, 0.2) is 41.4 Å². The van der Waals surface area contributed by atoms with Gasteiger partial charge >= 0.3 is 12.1 Å². The van der Waals surface area contributed by atoms with Crippen molar-refractivity contribution in [2.75, 3.05) is 11.9 Å². The average molecular weight is 568 g/mol. The summed E-state index contributed by atoms with van der Waals surface area (Å²) < 4.78 is 57.9. The minimum absolute atomic E-state index is 0.0200. The number of hydrogen-bond acceptors (Lipinski definition) is 5. The van der Waals surface area contributed by atoms with Gasteiger partial charge in [0.2, 0.25) is 0 Å². The summed E-state index contributed by atoms with van der Waals surface area (Å²) in [5.41, 5.74) is 2.86. The summed E-state index contributed by atoms with van der Waals surface area (Å²) in [6.07, 6.45) is 0.0637. The quantitative estimate of drug-likeness (QED) is 0.149. The summed E-state index contributed by atoms with van der Waals surface area (Å²) in [5.74, 6) is -2.17. The molecule has 1 aromatic heterocycles. The van der Waals surface area contributed by atoms with Crippen LogP contribution in [0.25, 0.3) is 11.6 Å². The number of aromatic amines is 1. The molecule has 2 aromatic carbocycles. The number of ether oxygens (including phenoxy) is 1. The second kappa shape index (κ2) is 11.1. The molecule has 0 saturated heterocycles. The van der Waals surface area contributed by atoms with Crippen molar-refractivity contribution in [1.82, 2.24) is 4.98 Å². The predicted molar refractivity (Wildman–Crippen MR) is 145 cm³/mol. The predicted octanol–water partition coefficient (Wildman–Crippen LogP) is 6.43. The first-order valence-electron chi connectivity index (χ1n) is 13.1. The van der Waals surface area contributed by atoms with Crippen LogP contribution >= 0.6 is 0 Å². The first-order valence-corrected chi connectivity index (χ1v) is 13.1. The SMILES string of the molecule is CCOC(=O)CCc1c(C=C2C(=O)Nc3ccc(/N=C\c4ccc(F)c(C(F)(F)F)c4)cc32)[nH]c2c1C(=O)CCC2. The number of carbonyl (C=O) groups is 3. The zero-order chi connectivity index (χ0) is 29.3. The number of amides is 1. The largest absolute Gasteiger partial charge is 0.466 e. The molecule has 212 valence electrons. The number of hydrogen-bond donors (Lipinski definition) is 2. The minimum Gasteiger partial charge on any atom is -0.466 e. The Morgan fingerprint density at radius 3 is 2.68 bits per heavy atom. The van der Waals surface area contributed by atoms with Gasteiger partial charge in [-0.3, -0.25) is 19.4 Å². The highest BCUT2D eigenvalue weighted by molar-refractivity contribution is 6.35. The number of benzene rings is 2. The number of H-pyrrole nitrogens is 1. The number of rotatable bonds is 7. The number of aryl methyl sites for hydroxylation is 1. The van der Waals surface area contributed by atoms with Crippen LogP contribution in [0.3, 0.4) is 0 Å². The molecule has 5 rings (SSSR count). The van der Waals surface area contributed by atoms with Crippen molar-refractivity contribution in [1.29, 1.82) is 0 Å². The van der Waals surface area contributed by atoms with E-state index in [1.54, 1.807) is 31.2 Å². The van der Waals surface area contributed by atoms with Gasteiger partial charge in [0.15, 0.2) is 5.78 Å². The lowest BCUT2D eigenvalue weighted by Crippen LogP contribution is -2.12. The molecule has 0 fully saturated rings. The zero-order valence-corrected chi connectivity index (χ0v) is 22.0. The molecule has 0 bridgehead atoms. The van der Waals surface area contributed by atoms with E-state index in [9.17, 15) is 31.9 Å². The van der Waals surface area contributed by atoms with Gasteiger partial charge in [0.1, 0.15) is 5.82 Å². The standard InChI is InChI=1S/C30H25F4N3O4/c1-2-41-27(39)11-8-18-25(36-24-4-3-5-26(38)28(18)24)14-20-19-13-17(7-10-23(19)37-29(20)40)35-15-16-6-9-22(31)21(12-16)30(32,33)34/h6-7,9-10,12-15,36H,2-5,8,11H2,1H3,(H,37,40)/b20-14?,35-15-. The van der Waals surface area contributed by atoms with E-state index >= 15 is 0 Å². The molecule has 2 aliphatic rings. The van der Waals surface area contributed by atoms with Crippen LogP contribution in [0.4, 0.5) is 28.9 Å². The molecule has 3 aromatic rings. The lowest BCUT2D eigenvalue weighted by molar-refractivity contribution is -0.143. The van der Waals surface area contributed by atoms with Gasteiger partial charge < -0.3 is 15.0 Å². The van der Waals surface area contributed by atoms with Crippen LogP contribution in [0, 0.1) is 5.82 Å². The molecule has 0 unspecified atom stereocenters. The molecule has 7 nitrogen and oxygen atoms in total. The average Bonchev–Trinajstić information content (AvgIpc) is 3.43. The molecule has 2 heterocycles. The number of ketones is 1. The van der Waals surface area contributed by atoms with Gasteiger partial charge in [-0.15, -0.1) is 0 Å². The maximum atomic E-state index is 13.6. The maximum absolute atomic E-state index is 13.6. The summed E-state index contributed by atoms with van der Waals surface area (Å²) in [4.78, 5) is 45.3. The Kier molecular flexibility index (Phi) is 7.61. The van der Waals surface area contributed by atoms with Crippen LogP contribution < -0.4 is 5.32 Å². The van der Waals surface area contributed by atoms with Gasteiger partial charge in [-0.25, -0.2) is 4.39 Å². The summed E-state index contributed by atoms with van der Waals surface area (Å²) >= 11 is 0. The highest BCUT2D eigenvalue weighted by Gasteiger charge is 2.34. The molecule has 1 amide bonds. The number of nitrogens with one attached hydrogen (secondary N) is 2. The third kappa shape index (κ3) is 5.84. The number of halogens is 4. The Morgan fingerprint density at radius 1 is 1.12 bits per heavy atom. The molecule has 0 spiro atoms. The van der Waals surface area contributed by atoms with Crippen molar-refractivity contribution < 1.29 is 36.7 Å². The van der Waals surface area contributed by atoms with E-state index in [0.717, 1.165) is 11.8 Å². The highest BCUT2D eigenvalue weighted by Crippen LogP contribution is 2.38. The molecule has 0 saturated carbocycles. The molecule has 0 radical (unpaired) electrons. The number of esters is 1. The fraction of sp³-hybridized carbons (Fsp3) is 0.267. The third-order valence-electron chi connectivity index (χ3n) is 6.94. The Morgan fingerprint density at radius 2 is 1.93 bits per heavy atom. The number of alkyl halides is 3. The van der Waals surface area contributed by atoms with Crippen LogP contribution in [-0.2, 0) is 33.3 Å². The van der Waals surface area contributed by atoms with Crippen molar-refractivity contribution in [3.05, 3.63) is 81.4 Å². The molecule has 2 N–H and O–H groups in total. The highest BCUT2D eigenvalue weighted by atomic mass is 19.4.